The average molecular weight is 565 g/mol. The maximum atomic E-state index is 13.8. The summed E-state index contributed by atoms with van der Waals surface area (Å²) in [6, 6.07) is 9.49. The summed E-state index contributed by atoms with van der Waals surface area (Å²) in [5.41, 5.74) is 2.80. The number of hydrogen-bond donors (Lipinski definition) is 0. The number of methoxy groups -OCH3 is 2. The number of hydrogen-bond acceptors (Lipinski definition) is 8. The van der Waals surface area contributed by atoms with Gasteiger partial charge >= 0.3 is 0 Å². The first-order valence-corrected chi connectivity index (χ1v) is 14.3. The number of piperidine rings is 1. The van der Waals surface area contributed by atoms with E-state index in [9.17, 15) is 9.59 Å². The van der Waals surface area contributed by atoms with E-state index in [4.69, 9.17) is 26.7 Å². The first-order valence-electron chi connectivity index (χ1n) is 13.0. The molecule has 0 spiro atoms. The highest BCUT2D eigenvalue weighted by Gasteiger charge is 2.33. The van der Waals surface area contributed by atoms with Crippen LogP contribution in [-0.2, 0) is 11.2 Å². The van der Waals surface area contributed by atoms with Crippen molar-refractivity contribution in [2.45, 2.75) is 33.1 Å². The first kappa shape index (κ1) is 27.2. The van der Waals surface area contributed by atoms with Gasteiger partial charge in [-0.3, -0.25) is 18.9 Å². The summed E-state index contributed by atoms with van der Waals surface area (Å²) in [4.78, 5) is 36.4. The predicted octanol–water partition coefficient (Wildman–Crippen LogP) is 4.70. The van der Waals surface area contributed by atoms with E-state index < -0.39 is 0 Å². The molecule has 0 N–H and O–H groups in total. The number of carbonyl (C=O) groups excluding carboxylic acids is 1. The smallest absolute Gasteiger partial charge is 0.267 e. The van der Waals surface area contributed by atoms with Crippen LogP contribution >= 0.6 is 24.0 Å². The van der Waals surface area contributed by atoms with Crippen LogP contribution in [0.3, 0.4) is 0 Å². The van der Waals surface area contributed by atoms with Crippen LogP contribution in [-0.4, -0.2) is 58.4 Å². The van der Waals surface area contributed by atoms with Crippen LogP contribution in [0.5, 0.6) is 11.5 Å². The number of aromatic nitrogens is 2. The Kier molecular flexibility index (Phi) is 7.95. The van der Waals surface area contributed by atoms with Crippen molar-refractivity contribution in [3.63, 3.8) is 0 Å². The highest BCUT2D eigenvalue weighted by atomic mass is 32.2. The van der Waals surface area contributed by atoms with E-state index >= 15 is 0 Å². The molecule has 0 atom stereocenters. The Morgan fingerprint density at radius 1 is 1.13 bits per heavy atom. The fraction of sp³-hybridized carbons (Fsp3) is 0.379. The highest BCUT2D eigenvalue weighted by Crippen LogP contribution is 2.35. The molecule has 2 aliphatic heterocycles. The normalized spacial score (nSPS) is 17.5. The molecule has 4 heterocycles. The van der Waals surface area contributed by atoms with E-state index in [1.165, 1.54) is 11.8 Å². The zero-order valence-corrected chi connectivity index (χ0v) is 24.2. The summed E-state index contributed by atoms with van der Waals surface area (Å²) in [7, 11) is 3.19. The number of thiocarbonyl (C=S) groups is 1. The van der Waals surface area contributed by atoms with Gasteiger partial charge in [-0.1, -0.05) is 43.0 Å². The lowest BCUT2D eigenvalue weighted by Crippen LogP contribution is -2.36. The molecule has 2 saturated heterocycles. The zero-order chi connectivity index (χ0) is 27.7. The number of thioether (sulfide) groups is 1. The Morgan fingerprint density at radius 3 is 2.59 bits per heavy atom. The molecule has 39 heavy (non-hydrogen) atoms. The Bertz CT molecular complexity index is 1530. The summed E-state index contributed by atoms with van der Waals surface area (Å²) >= 11 is 6.81. The molecule has 2 aliphatic rings. The van der Waals surface area contributed by atoms with Crippen LogP contribution in [0.25, 0.3) is 11.7 Å². The molecule has 0 aliphatic carbocycles. The van der Waals surface area contributed by atoms with Crippen molar-refractivity contribution in [2.75, 3.05) is 38.8 Å². The van der Waals surface area contributed by atoms with Crippen molar-refractivity contribution in [3.8, 4) is 11.5 Å². The number of pyridine rings is 1. The minimum absolute atomic E-state index is 0.187. The molecule has 1 aromatic carbocycles. The number of nitrogens with zero attached hydrogens (tertiary/aromatic N) is 4. The second-order valence-corrected chi connectivity index (χ2v) is 11.7. The molecular weight excluding hydrogens is 532 g/mol. The maximum Gasteiger partial charge on any atom is 0.267 e. The molecule has 5 rings (SSSR count). The van der Waals surface area contributed by atoms with Crippen molar-refractivity contribution in [2.24, 2.45) is 5.92 Å². The van der Waals surface area contributed by atoms with Gasteiger partial charge in [-0.15, -0.1) is 0 Å². The van der Waals surface area contributed by atoms with Crippen molar-refractivity contribution in [1.29, 1.82) is 0 Å². The number of fused-ring (bicyclic) bond motifs is 1. The standard InChI is InChI=1S/C29H32N4O4S2/c1-18-9-13-31(14-10-18)26-21(27(34)32-12-5-6-19(2)25(32)30-26)17-24-28(35)33(29(38)39-24)15-11-20-7-8-22(36-3)23(16-20)37-4/h5-8,12,16-18H,9-11,13-15H2,1-4H3/b24-17+. The van der Waals surface area contributed by atoms with E-state index in [1.807, 2.05) is 37.3 Å². The van der Waals surface area contributed by atoms with Gasteiger partial charge in [0.05, 0.1) is 24.7 Å². The number of ether oxygens (including phenoxy) is 2. The molecular formula is C29H32N4O4S2. The van der Waals surface area contributed by atoms with Crippen molar-refractivity contribution in [3.05, 3.63) is 68.5 Å². The fourth-order valence-corrected chi connectivity index (χ4v) is 6.28. The zero-order valence-electron chi connectivity index (χ0n) is 22.6. The van der Waals surface area contributed by atoms with Crippen LogP contribution in [0.2, 0.25) is 0 Å². The maximum absolute atomic E-state index is 13.8. The third-order valence-corrected chi connectivity index (χ3v) is 8.75. The fourth-order valence-electron chi connectivity index (χ4n) is 4.99. The van der Waals surface area contributed by atoms with Gasteiger partial charge in [0.15, 0.2) is 11.5 Å². The molecule has 2 aromatic heterocycles. The minimum Gasteiger partial charge on any atom is -0.493 e. The molecule has 1 amide bonds. The lowest BCUT2D eigenvalue weighted by atomic mass is 9.99. The number of rotatable bonds is 7. The van der Waals surface area contributed by atoms with Crippen molar-refractivity contribution in [1.82, 2.24) is 14.3 Å². The van der Waals surface area contributed by atoms with Crippen LogP contribution in [0.15, 0.2) is 46.2 Å². The van der Waals surface area contributed by atoms with Gasteiger partial charge in [-0.05, 0) is 67.5 Å². The SMILES string of the molecule is COc1ccc(CCN2C(=O)/C(=C\c3c(N4CCC(C)CC4)nc4c(C)cccn4c3=O)SC2=S)cc1OC. The largest absolute Gasteiger partial charge is 0.493 e. The minimum atomic E-state index is -0.197. The Hall–Kier alpha value is -3.37. The van der Waals surface area contributed by atoms with Crippen LogP contribution < -0.4 is 19.9 Å². The third-order valence-electron chi connectivity index (χ3n) is 7.37. The van der Waals surface area contributed by atoms with Gasteiger partial charge in [0, 0.05) is 25.8 Å². The molecule has 0 radical (unpaired) electrons. The summed E-state index contributed by atoms with van der Waals surface area (Å²) in [5, 5.41) is 0. The predicted molar refractivity (Wildman–Crippen MR) is 160 cm³/mol. The van der Waals surface area contributed by atoms with E-state index in [0.717, 1.165) is 37.1 Å². The quantitative estimate of drug-likeness (QED) is 0.302. The van der Waals surface area contributed by atoms with Gasteiger partial charge < -0.3 is 14.4 Å². The number of amides is 1. The van der Waals surface area contributed by atoms with Gasteiger partial charge in [0.25, 0.3) is 11.5 Å². The second kappa shape index (κ2) is 11.4. The van der Waals surface area contributed by atoms with Crippen molar-refractivity contribution < 1.29 is 14.3 Å². The van der Waals surface area contributed by atoms with E-state index in [2.05, 4.69) is 11.8 Å². The topological polar surface area (TPSA) is 76.4 Å². The summed E-state index contributed by atoms with van der Waals surface area (Å²) in [6.45, 7) is 6.26. The molecule has 2 fully saturated rings. The van der Waals surface area contributed by atoms with E-state index in [-0.39, 0.29) is 11.5 Å². The average Bonchev–Trinajstić information content (AvgIpc) is 3.21. The van der Waals surface area contributed by atoms with Gasteiger partial charge in [0.2, 0.25) is 0 Å². The highest BCUT2D eigenvalue weighted by molar-refractivity contribution is 8.26. The monoisotopic (exact) mass is 564 g/mol. The molecule has 204 valence electrons. The molecule has 8 nitrogen and oxygen atoms in total. The molecule has 10 heteroatoms. The van der Waals surface area contributed by atoms with Gasteiger partial charge in [-0.25, -0.2) is 4.98 Å². The first-order chi connectivity index (χ1) is 18.8. The van der Waals surface area contributed by atoms with E-state index in [0.29, 0.717) is 56.6 Å². The second-order valence-electron chi connectivity index (χ2n) is 9.98. The summed E-state index contributed by atoms with van der Waals surface area (Å²) in [5.74, 6) is 2.36. The Morgan fingerprint density at radius 2 is 1.87 bits per heavy atom. The van der Waals surface area contributed by atoms with Gasteiger partial charge in [0.1, 0.15) is 15.8 Å². The third kappa shape index (κ3) is 5.40. The molecule has 3 aromatic rings. The summed E-state index contributed by atoms with van der Waals surface area (Å²) < 4.78 is 12.8. The lowest BCUT2D eigenvalue weighted by molar-refractivity contribution is -0.122. The number of benzene rings is 1. The lowest BCUT2D eigenvalue weighted by Gasteiger charge is -2.32. The van der Waals surface area contributed by atoms with Crippen LogP contribution in [0, 0.1) is 12.8 Å². The molecule has 0 bridgehead atoms. The number of aryl methyl sites for hydroxylation is 1. The Balaban J connectivity index is 1.46. The van der Waals surface area contributed by atoms with Crippen LogP contribution in [0.4, 0.5) is 5.82 Å². The number of anilines is 1. The van der Waals surface area contributed by atoms with Gasteiger partial charge in [-0.2, -0.15) is 0 Å². The van der Waals surface area contributed by atoms with Crippen LogP contribution in [0.1, 0.15) is 36.5 Å². The van der Waals surface area contributed by atoms with Crippen molar-refractivity contribution >= 4 is 51.7 Å². The molecule has 0 saturated carbocycles. The molecule has 0 unspecified atom stereocenters. The summed E-state index contributed by atoms with van der Waals surface area (Å²) in [6.07, 6.45) is 6.08. The van der Waals surface area contributed by atoms with E-state index in [1.54, 1.807) is 35.8 Å². The Labute approximate surface area is 237 Å². The number of carbonyl (C=O) groups is 1.